The molecule has 0 bridgehead atoms. The number of hydrogen-bond donors (Lipinski definition) is 1. The number of carbonyl (C=O) groups is 2. The highest BCUT2D eigenvalue weighted by atomic mass is 35.5. The summed E-state index contributed by atoms with van der Waals surface area (Å²) in [5, 5.41) is 3.39. The normalized spacial score (nSPS) is 10.5. The Bertz CT molecular complexity index is 777. The zero-order valence-corrected chi connectivity index (χ0v) is 16.5. The first-order valence-electron chi connectivity index (χ1n) is 8.75. The molecular formula is C21H25ClN2O2. The van der Waals surface area contributed by atoms with Gasteiger partial charge in [0.1, 0.15) is 0 Å². The fraction of sp³-hybridized carbons (Fsp3) is 0.333. The molecule has 0 saturated carbocycles. The third-order valence-electron chi connectivity index (χ3n) is 4.26. The highest BCUT2D eigenvalue weighted by Gasteiger charge is 2.18. The zero-order valence-electron chi connectivity index (χ0n) is 15.7. The number of anilines is 2. The summed E-state index contributed by atoms with van der Waals surface area (Å²) >= 11 is 6.35. The topological polar surface area (TPSA) is 49.4 Å². The van der Waals surface area contributed by atoms with Gasteiger partial charge in [0.2, 0.25) is 11.8 Å². The summed E-state index contributed by atoms with van der Waals surface area (Å²) in [6, 6.07) is 11.6. The standard InChI is InChI=1S/C21H25ClN2O2/c1-5-17-6-8-18(9-7-17)23-20(26)10-11-24(16(4)25)21-15(3)12-14(2)13-19(21)22/h6-9,12-13H,5,10-11H2,1-4H3,(H,23,26). The monoisotopic (exact) mass is 372 g/mol. The Hall–Kier alpha value is -2.33. The Morgan fingerprint density at radius 3 is 2.31 bits per heavy atom. The van der Waals surface area contributed by atoms with Gasteiger partial charge >= 0.3 is 0 Å². The highest BCUT2D eigenvalue weighted by molar-refractivity contribution is 6.34. The third-order valence-corrected chi connectivity index (χ3v) is 4.54. The number of nitrogens with one attached hydrogen (secondary N) is 1. The molecule has 0 saturated heterocycles. The SMILES string of the molecule is CCc1ccc(NC(=O)CCN(C(C)=O)c2c(C)cc(C)cc2Cl)cc1. The largest absolute Gasteiger partial charge is 0.326 e. The van der Waals surface area contributed by atoms with Gasteiger partial charge in [-0.1, -0.05) is 36.7 Å². The molecule has 0 atom stereocenters. The summed E-state index contributed by atoms with van der Waals surface area (Å²) in [4.78, 5) is 25.9. The lowest BCUT2D eigenvalue weighted by Crippen LogP contribution is -2.32. The molecule has 0 heterocycles. The minimum absolute atomic E-state index is 0.138. The van der Waals surface area contributed by atoms with Crippen LogP contribution in [-0.4, -0.2) is 18.4 Å². The number of nitrogens with zero attached hydrogens (tertiary/aromatic N) is 1. The summed E-state index contributed by atoms with van der Waals surface area (Å²) in [5.74, 6) is -0.277. The molecule has 2 aromatic rings. The van der Waals surface area contributed by atoms with Crippen molar-refractivity contribution in [2.45, 2.75) is 40.5 Å². The molecule has 0 unspecified atom stereocenters. The van der Waals surface area contributed by atoms with Crippen molar-refractivity contribution in [2.24, 2.45) is 0 Å². The van der Waals surface area contributed by atoms with Crippen molar-refractivity contribution >= 4 is 34.8 Å². The van der Waals surface area contributed by atoms with Crippen LogP contribution in [0.3, 0.4) is 0 Å². The molecule has 2 rings (SSSR count). The van der Waals surface area contributed by atoms with E-state index in [0.29, 0.717) is 10.7 Å². The van der Waals surface area contributed by atoms with Gasteiger partial charge in [0, 0.05) is 25.6 Å². The molecule has 5 heteroatoms. The Labute approximate surface area is 160 Å². The van der Waals surface area contributed by atoms with Gasteiger partial charge in [0.15, 0.2) is 0 Å². The first-order chi connectivity index (χ1) is 12.3. The Morgan fingerprint density at radius 1 is 1.12 bits per heavy atom. The molecule has 0 aliphatic heterocycles. The fourth-order valence-corrected chi connectivity index (χ4v) is 3.36. The lowest BCUT2D eigenvalue weighted by Gasteiger charge is -2.24. The van der Waals surface area contributed by atoms with Crippen LogP contribution in [-0.2, 0) is 16.0 Å². The van der Waals surface area contributed by atoms with Crippen molar-refractivity contribution in [2.75, 3.05) is 16.8 Å². The van der Waals surface area contributed by atoms with E-state index in [2.05, 4.69) is 12.2 Å². The average Bonchev–Trinajstić information content (AvgIpc) is 2.57. The Morgan fingerprint density at radius 2 is 1.77 bits per heavy atom. The van der Waals surface area contributed by atoms with Gasteiger partial charge in [-0.15, -0.1) is 0 Å². The molecule has 0 spiro atoms. The Balaban J connectivity index is 2.06. The van der Waals surface area contributed by atoms with E-state index in [1.807, 2.05) is 50.2 Å². The number of halogens is 1. The van der Waals surface area contributed by atoms with Crippen LogP contribution in [0.1, 0.15) is 37.0 Å². The van der Waals surface area contributed by atoms with Gasteiger partial charge in [-0.25, -0.2) is 0 Å². The lowest BCUT2D eigenvalue weighted by atomic mass is 10.1. The number of amides is 2. The van der Waals surface area contributed by atoms with Crippen LogP contribution in [0, 0.1) is 13.8 Å². The van der Waals surface area contributed by atoms with Crippen molar-refractivity contribution in [1.29, 1.82) is 0 Å². The van der Waals surface area contributed by atoms with E-state index >= 15 is 0 Å². The molecule has 2 aromatic carbocycles. The van der Waals surface area contributed by atoms with Gasteiger partial charge in [0.25, 0.3) is 0 Å². The first-order valence-corrected chi connectivity index (χ1v) is 9.13. The smallest absolute Gasteiger partial charge is 0.226 e. The van der Waals surface area contributed by atoms with Crippen molar-refractivity contribution in [3.05, 3.63) is 58.1 Å². The molecule has 0 aliphatic carbocycles. The van der Waals surface area contributed by atoms with Gasteiger partial charge in [-0.3, -0.25) is 9.59 Å². The van der Waals surface area contributed by atoms with Gasteiger partial charge in [-0.05, 0) is 55.2 Å². The second-order valence-corrected chi connectivity index (χ2v) is 6.84. The number of benzene rings is 2. The maximum atomic E-state index is 12.3. The number of hydrogen-bond acceptors (Lipinski definition) is 2. The summed E-state index contributed by atoms with van der Waals surface area (Å²) in [7, 11) is 0. The Kier molecular flexibility index (Phi) is 6.81. The molecular weight excluding hydrogens is 348 g/mol. The zero-order chi connectivity index (χ0) is 19.3. The highest BCUT2D eigenvalue weighted by Crippen LogP contribution is 2.31. The summed E-state index contributed by atoms with van der Waals surface area (Å²) in [5.41, 5.74) is 4.60. The molecule has 0 radical (unpaired) electrons. The van der Waals surface area contributed by atoms with E-state index < -0.39 is 0 Å². The van der Waals surface area contributed by atoms with E-state index in [1.54, 1.807) is 4.90 Å². The van der Waals surface area contributed by atoms with E-state index in [9.17, 15) is 9.59 Å². The van der Waals surface area contributed by atoms with E-state index in [4.69, 9.17) is 11.6 Å². The van der Waals surface area contributed by atoms with Crippen molar-refractivity contribution < 1.29 is 9.59 Å². The van der Waals surface area contributed by atoms with Crippen LogP contribution < -0.4 is 10.2 Å². The van der Waals surface area contributed by atoms with Crippen LogP contribution >= 0.6 is 11.6 Å². The van der Waals surface area contributed by atoms with Crippen molar-refractivity contribution in [3.8, 4) is 0 Å². The van der Waals surface area contributed by atoms with Gasteiger partial charge < -0.3 is 10.2 Å². The second-order valence-electron chi connectivity index (χ2n) is 6.43. The van der Waals surface area contributed by atoms with Gasteiger partial charge in [-0.2, -0.15) is 0 Å². The summed E-state index contributed by atoms with van der Waals surface area (Å²) < 4.78 is 0. The van der Waals surface area contributed by atoms with Crippen molar-refractivity contribution in [1.82, 2.24) is 0 Å². The fourth-order valence-electron chi connectivity index (χ4n) is 2.94. The lowest BCUT2D eigenvalue weighted by molar-refractivity contribution is -0.117. The van der Waals surface area contributed by atoms with Crippen LogP contribution in [0.25, 0.3) is 0 Å². The van der Waals surface area contributed by atoms with E-state index in [0.717, 1.165) is 23.2 Å². The number of carbonyl (C=O) groups excluding carboxylic acids is 2. The van der Waals surface area contributed by atoms with Gasteiger partial charge in [0.05, 0.1) is 10.7 Å². The molecule has 0 aliphatic rings. The molecule has 2 amide bonds. The van der Waals surface area contributed by atoms with Crippen LogP contribution in [0.15, 0.2) is 36.4 Å². The second kappa shape index (κ2) is 8.86. The summed E-state index contributed by atoms with van der Waals surface area (Å²) in [6.45, 7) is 7.72. The van der Waals surface area contributed by atoms with Crippen LogP contribution in [0.4, 0.5) is 11.4 Å². The molecule has 1 N–H and O–H groups in total. The predicted octanol–water partition coefficient (Wildman–Crippen LogP) is 4.90. The number of aryl methyl sites for hydroxylation is 3. The molecule has 4 nitrogen and oxygen atoms in total. The maximum absolute atomic E-state index is 12.3. The summed E-state index contributed by atoms with van der Waals surface area (Å²) in [6.07, 6.45) is 1.15. The van der Waals surface area contributed by atoms with E-state index in [1.165, 1.54) is 12.5 Å². The minimum Gasteiger partial charge on any atom is -0.326 e. The minimum atomic E-state index is -0.140. The average molecular weight is 373 g/mol. The van der Waals surface area contributed by atoms with Crippen molar-refractivity contribution in [3.63, 3.8) is 0 Å². The predicted molar refractivity (Wildman–Crippen MR) is 108 cm³/mol. The molecule has 0 fully saturated rings. The molecule has 138 valence electrons. The molecule has 0 aromatic heterocycles. The van der Waals surface area contributed by atoms with Crippen LogP contribution in [0.5, 0.6) is 0 Å². The molecule has 26 heavy (non-hydrogen) atoms. The third kappa shape index (κ3) is 5.09. The van der Waals surface area contributed by atoms with E-state index in [-0.39, 0.29) is 24.8 Å². The quantitative estimate of drug-likeness (QED) is 0.783. The van der Waals surface area contributed by atoms with Crippen LogP contribution in [0.2, 0.25) is 5.02 Å². The number of rotatable bonds is 6. The maximum Gasteiger partial charge on any atom is 0.226 e. The first kappa shape index (κ1) is 20.0.